The number of carbonyl (C=O) groups is 1. The molecule has 0 saturated carbocycles. The number of hydrogen-bond donors (Lipinski definition) is 1. The van der Waals surface area contributed by atoms with Gasteiger partial charge in [0.15, 0.2) is 11.6 Å². The second kappa shape index (κ2) is 5.86. The number of likely N-dealkylation sites (N-methyl/N-ethyl adjacent to an activating group) is 1. The molecule has 0 aliphatic heterocycles. The zero-order valence-corrected chi connectivity index (χ0v) is 10.1. The molecule has 1 N–H and O–H groups in total. The first-order chi connectivity index (χ1) is 8.31. The van der Waals surface area contributed by atoms with E-state index in [9.17, 15) is 18.0 Å². The molecule has 0 bridgehead atoms. The van der Waals surface area contributed by atoms with E-state index in [1.807, 2.05) is 0 Å². The summed E-state index contributed by atoms with van der Waals surface area (Å²) in [5.41, 5.74) is -0.0335. The summed E-state index contributed by atoms with van der Waals surface area (Å²) < 4.78 is 39.2. The molecule has 0 saturated heterocycles. The van der Waals surface area contributed by atoms with E-state index in [1.54, 1.807) is 19.0 Å². The van der Waals surface area contributed by atoms with E-state index >= 15 is 0 Å². The average molecular weight is 261 g/mol. The van der Waals surface area contributed by atoms with Crippen molar-refractivity contribution in [3.05, 3.63) is 35.1 Å². The van der Waals surface area contributed by atoms with Gasteiger partial charge in [-0.15, -0.1) is 0 Å². The van der Waals surface area contributed by atoms with Crippen molar-refractivity contribution in [3.8, 4) is 0 Å². The zero-order valence-electron chi connectivity index (χ0n) is 10.1. The van der Waals surface area contributed by atoms with Gasteiger partial charge >= 0.3 is 5.97 Å². The van der Waals surface area contributed by atoms with Crippen LogP contribution in [0.1, 0.15) is 12.0 Å². The smallest absolute Gasteiger partial charge is 0.304 e. The van der Waals surface area contributed by atoms with Gasteiger partial charge in [0, 0.05) is 12.1 Å². The van der Waals surface area contributed by atoms with Crippen molar-refractivity contribution in [2.75, 3.05) is 14.1 Å². The predicted octanol–water partition coefficient (Wildman–Crippen LogP) is 2.05. The van der Waals surface area contributed by atoms with E-state index in [2.05, 4.69) is 0 Å². The lowest BCUT2D eigenvalue weighted by Crippen LogP contribution is -2.32. The van der Waals surface area contributed by atoms with Gasteiger partial charge in [0.1, 0.15) is 5.82 Å². The van der Waals surface area contributed by atoms with Crippen LogP contribution in [0.4, 0.5) is 13.2 Å². The van der Waals surface area contributed by atoms with Gasteiger partial charge in [0.2, 0.25) is 0 Å². The highest BCUT2D eigenvalue weighted by atomic mass is 19.2. The molecule has 1 atom stereocenters. The van der Waals surface area contributed by atoms with Gasteiger partial charge in [0.25, 0.3) is 0 Å². The molecule has 6 heteroatoms. The molecule has 0 aliphatic rings. The molecule has 1 aromatic carbocycles. The van der Waals surface area contributed by atoms with Crippen molar-refractivity contribution in [2.45, 2.75) is 18.9 Å². The number of nitrogens with zero attached hydrogens (tertiary/aromatic N) is 1. The van der Waals surface area contributed by atoms with Crippen molar-refractivity contribution in [1.82, 2.24) is 4.90 Å². The number of rotatable bonds is 5. The van der Waals surface area contributed by atoms with Crippen LogP contribution >= 0.6 is 0 Å². The molecule has 1 unspecified atom stereocenters. The summed E-state index contributed by atoms with van der Waals surface area (Å²) in [7, 11) is 3.29. The highest BCUT2D eigenvalue weighted by Crippen LogP contribution is 2.17. The molecule has 100 valence electrons. The largest absolute Gasteiger partial charge is 0.481 e. The number of carboxylic acids is 1. The van der Waals surface area contributed by atoms with E-state index in [4.69, 9.17) is 5.11 Å². The van der Waals surface area contributed by atoms with Gasteiger partial charge in [-0.1, -0.05) is 0 Å². The van der Waals surface area contributed by atoms with Crippen LogP contribution in [0.2, 0.25) is 0 Å². The van der Waals surface area contributed by atoms with E-state index in [0.717, 1.165) is 6.07 Å². The Labute approximate surface area is 103 Å². The monoisotopic (exact) mass is 261 g/mol. The van der Waals surface area contributed by atoms with Crippen LogP contribution in [0.3, 0.4) is 0 Å². The summed E-state index contributed by atoms with van der Waals surface area (Å²) in [4.78, 5) is 12.3. The first-order valence-corrected chi connectivity index (χ1v) is 5.33. The SMILES string of the molecule is CN(C)C(CC(=O)O)Cc1cc(F)c(F)cc1F. The highest BCUT2D eigenvalue weighted by molar-refractivity contribution is 5.67. The van der Waals surface area contributed by atoms with Crippen LogP contribution in [0, 0.1) is 17.5 Å². The molecule has 0 fully saturated rings. The zero-order chi connectivity index (χ0) is 13.9. The molecule has 0 heterocycles. The summed E-state index contributed by atoms with van der Waals surface area (Å²) >= 11 is 0. The van der Waals surface area contributed by atoms with Gasteiger partial charge in [-0.2, -0.15) is 0 Å². The second-order valence-corrected chi connectivity index (χ2v) is 4.28. The second-order valence-electron chi connectivity index (χ2n) is 4.28. The Morgan fingerprint density at radius 1 is 1.22 bits per heavy atom. The Morgan fingerprint density at radius 3 is 2.28 bits per heavy atom. The van der Waals surface area contributed by atoms with Crippen molar-refractivity contribution < 1.29 is 23.1 Å². The maximum absolute atomic E-state index is 13.4. The Morgan fingerprint density at radius 2 is 1.78 bits per heavy atom. The van der Waals surface area contributed by atoms with Gasteiger partial charge in [-0.25, -0.2) is 13.2 Å². The van der Waals surface area contributed by atoms with Crippen molar-refractivity contribution in [2.24, 2.45) is 0 Å². The van der Waals surface area contributed by atoms with Crippen LogP contribution in [0.5, 0.6) is 0 Å². The lowest BCUT2D eigenvalue weighted by atomic mass is 10.0. The fourth-order valence-electron chi connectivity index (χ4n) is 1.61. The maximum Gasteiger partial charge on any atom is 0.304 e. The summed E-state index contributed by atoms with van der Waals surface area (Å²) in [5.74, 6) is -4.29. The maximum atomic E-state index is 13.4. The molecule has 0 amide bonds. The van der Waals surface area contributed by atoms with E-state index in [-0.39, 0.29) is 18.4 Å². The standard InChI is InChI=1S/C12H14F3NO2/c1-16(2)8(5-12(17)18)3-7-4-10(14)11(15)6-9(7)13/h4,6,8H,3,5H2,1-2H3,(H,17,18). The topological polar surface area (TPSA) is 40.5 Å². The van der Waals surface area contributed by atoms with Crippen molar-refractivity contribution in [1.29, 1.82) is 0 Å². The number of hydrogen-bond acceptors (Lipinski definition) is 2. The molecule has 0 radical (unpaired) electrons. The molecule has 0 aliphatic carbocycles. The lowest BCUT2D eigenvalue weighted by molar-refractivity contribution is -0.138. The minimum Gasteiger partial charge on any atom is -0.481 e. The fourth-order valence-corrected chi connectivity index (χ4v) is 1.61. The van der Waals surface area contributed by atoms with Crippen LogP contribution in [0.15, 0.2) is 12.1 Å². The molecule has 0 aromatic heterocycles. The number of aliphatic carboxylic acids is 1. The van der Waals surface area contributed by atoms with Crippen molar-refractivity contribution in [3.63, 3.8) is 0 Å². The minimum absolute atomic E-state index is 0.00231. The van der Waals surface area contributed by atoms with Gasteiger partial charge in [-0.3, -0.25) is 4.79 Å². The van der Waals surface area contributed by atoms with Gasteiger partial charge in [-0.05, 0) is 32.1 Å². The first-order valence-electron chi connectivity index (χ1n) is 5.33. The average Bonchev–Trinajstić information content (AvgIpc) is 2.23. The summed E-state index contributed by atoms with van der Waals surface area (Å²) in [6.07, 6.45) is -0.201. The Bertz CT molecular complexity index is 449. The molecule has 3 nitrogen and oxygen atoms in total. The third-order valence-corrected chi connectivity index (χ3v) is 2.69. The van der Waals surface area contributed by atoms with Gasteiger partial charge < -0.3 is 10.0 Å². The molecule has 0 spiro atoms. The van der Waals surface area contributed by atoms with Crippen LogP contribution in [-0.2, 0) is 11.2 Å². The predicted molar refractivity (Wildman–Crippen MR) is 59.7 cm³/mol. The van der Waals surface area contributed by atoms with Crippen LogP contribution in [0.25, 0.3) is 0 Å². The third-order valence-electron chi connectivity index (χ3n) is 2.69. The van der Waals surface area contributed by atoms with Crippen molar-refractivity contribution >= 4 is 5.97 Å². The Kier molecular flexibility index (Phi) is 4.72. The quantitative estimate of drug-likeness (QED) is 0.825. The van der Waals surface area contributed by atoms with E-state index < -0.39 is 29.5 Å². The highest BCUT2D eigenvalue weighted by Gasteiger charge is 2.19. The molecule has 18 heavy (non-hydrogen) atoms. The number of halogens is 3. The Hall–Kier alpha value is -1.56. The summed E-state index contributed by atoms with van der Waals surface area (Å²) in [6.45, 7) is 0. The fraction of sp³-hybridized carbons (Fsp3) is 0.417. The van der Waals surface area contributed by atoms with Gasteiger partial charge in [0.05, 0.1) is 6.42 Å². The lowest BCUT2D eigenvalue weighted by Gasteiger charge is -2.22. The molecule has 1 rings (SSSR count). The first kappa shape index (κ1) is 14.5. The third kappa shape index (κ3) is 3.73. The van der Waals surface area contributed by atoms with E-state index in [0.29, 0.717) is 6.07 Å². The van der Waals surface area contributed by atoms with Crippen LogP contribution in [-0.4, -0.2) is 36.1 Å². The molecular weight excluding hydrogens is 247 g/mol. The Balaban J connectivity index is 2.93. The molecular formula is C12H14F3NO2. The van der Waals surface area contributed by atoms with Crippen LogP contribution < -0.4 is 0 Å². The summed E-state index contributed by atoms with van der Waals surface area (Å²) in [6, 6.07) is 0.753. The minimum atomic E-state index is -1.25. The number of carboxylic acid groups (broad SMARTS) is 1. The molecule has 1 aromatic rings. The normalized spacial score (nSPS) is 12.8. The summed E-state index contributed by atoms with van der Waals surface area (Å²) in [5, 5.41) is 8.72. The van der Waals surface area contributed by atoms with E-state index in [1.165, 1.54) is 0 Å². The number of benzene rings is 1.